The van der Waals surface area contributed by atoms with Crippen LogP contribution in [0.5, 0.6) is 0 Å². The fourth-order valence-corrected chi connectivity index (χ4v) is 3.94. The van der Waals surface area contributed by atoms with Crippen LogP contribution in [0.1, 0.15) is 32.1 Å². The van der Waals surface area contributed by atoms with E-state index in [1.807, 2.05) is 11.8 Å². The van der Waals surface area contributed by atoms with Crippen molar-refractivity contribution in [1.82, 2.24) is 5.32 Å². The van der Waals surface area contributed by atoms with E-state index in [0.29, 0.717) is 24.6 Å². The molecule has 0 aromatic carbocycles. The Labute approximate surface area is 90.8 Å². The van der Waals surface area contributed by atoms with Crippen LogP contribution in [-0.2, 0) is 0 Å². The summed E-state index contributed by atoms with van der Waals surface area (Å²) in [6.45, 7) is 0.321. The highest BCUT2D eigenvalue weighted by Crippen LogP contribution is 2.27. The zero-order chi connectivity index (χ0) is 9.80. The van der Waals surface area contributed by atoms with E-state index in [2.05, 4.69) is 5.32 Å². The molecule has 2 rings (SSSR count). The number of nitrogens with one attached hydrogen (secondary N) is 1. The van der Waals surface area contributed by atoms with Crippen LogP contribution in [0.4, 0.5) is 0 Å². The molecule has 0 spiro atoms. The van der Waals surface area contributed by atoms with Crippen molar-refractivity contribution < 1.29 is 5.11 Å². The summed E-state index contributed by atoms with van der Waals surface area (Å²) in [5, 5.41) is 13.0. The summed E-state index contributed by atoms with van der Waals surface area (Å²) < 4.78 is 0. The molecule has 1 heterocycles. The number of aliphatic hydroxyl groups excluding tert-OH is 1. The van der Waals surface area contributed by atoms with Crippen molar-refractivity contribution in [2.75, 3.05) is 18.1 Å². The van der Waals surface area contributed by atoms with Crippen LogP contribution < -0.4 is 5.32 Å². The molecule has 1 saturated heterocycles. The van der Waals surface area contributed by atoms with Gasteiger partial charge in [-0.3, -0.25) is 0 Å². The van der Waals surface area contributed by atoms with Crippen molar-refractivity contribution in [3.63, 3.8) is 0 Å². The molecule has 0 bridgehead atoms. The average molecular weight is 215 g/mol. The SMILES string of the molecule is OCC(NC1CCCC1)C1CCSC1. The molecule has 1 aliphatic heterocycles. The Bertz CT molecular complexity index is 165. The van der Waals surface area contributed by atoms with E-state index in [1.54, 1.807) is 0 Å². The molecule has 2 fully saturated rings. The van der Waals surface area contributed by atoms with Gasteiger partial charge in [-0.1, -0.05) is 12.8 Å². The Balaban J connectivity index is 1.79. The van der Waals surface area contributed by atoms with Crippen molar-refractivity contribution in [2.45, 2.75) is 44.2 Å². The summed E-state index contributed by atoms with van der Waals surface area (Å²) in [6.07, 6.45) is 6.66. The van der Waals surface area contributed by atoms with E-state index in [9.17, 15) is 5.11 Å². The maximum Gasteiger partial charge on any atom is 0.0587 e. The van der Waals surface area contributed by atoms with E-state index in [1.165, 1.54) is 43.6 Å². The third kappa shape index (κ3) is 2.65. The van der Waals surface area contributed by atoms with Crippen LogP contribution in [0, 0.1) is 5.92 Å². The lowest BCUT2D eigenvalue weighted by atomic mass is 9.99. The highest BCUT2D eigenvalue weighted by Gasteiger charge is 2.27. The molecule has 2 aliphatic rings. The van der Waals surface area contributed by atoms with Crippen LogP contribution >= 0.6 is 11.8 Å². The molecule has 3 heteroatoms. The van der Waals surface area contributed by atoms with Gasteiger partial charge < -0.3 is 10.4 Å². The second-order valence-electron chi connectivity index (χ2n) is 4.56. The Morgan fingerprint density at radius 1 is 1.29 bits per heavy atom. The minimum atomic E-state index is 0.321. The number of rotatable bonds is 4. The van der Waals surface area contributed by atoms with Crippen molar-refractivity contribution in [1.29, 1.82) is 0 Å². The monoisotopic (exact) mass is 215 g/mol. The first-order valence-electron chi connectivity index (χ1n) is 5.85. The van der Waals surface area contributed by atoms with Gasteiger partial charge in [0.2, 0.25) is 0 Å². The summed E-state index contributed by atoms with van der Waals surface area (Å²) in [6, 6.07) is 1.06. The van der Waals surface area contributed by atoms with E-state index in [4.69, 9.17) is 0 Å². The van der Waals surface area contributed by atoms with Gasteiger partial charge in [0.1, 0.15) is 0 Å². The quantitative estimate of drug-likeness (QED) is 0.747. The maximum absolute atomic E-state index is 9.38. The third-order valence-electron chi connectivity index (χ3n) is 3.54. The van der Waals surface area contributed by atoms with Crippen molar-refractivity contribution in [3.05, 3.63) is 0 Å². The summed E-state index contributed by atoms with van der Waals surface area (Å²) in [7, 11) is 0. The minimum absolute atomic E-state index is 0.321. The van der Waals surface area contributed by atoms with Crippen molar-refractivity contribution in [3.8, 4) is 0 Å². The zero-order valence-electron chi connectivity index (χ0n) is 8.74. The van der Waals surface area contributed by atoms with E-state index in [-0.39, 0.29) is 0 Å². The molecular formula is C11H21NOS. The molecule has 0 radical (unpaired) electrons. The lowest BCUT2D eigenvalue weighted by Crippen LogP contribution is -2.44. The third-order valence-corrected chi connectivity index (χ3v) is 4.72. The first-order chi connectivity index (χ1) is 6.90. The summed E-state index contributed by atoms with van der Waals surface area (Å²) in [5.74, 6) is 3.24. The average Bonchev–Trinajstić information content (AvgIpc) is 2.86. The van der Waals surface area contributed by atoms with Gasteiger partial charge in [-0.2, -0.15) is 11.8 Å². The Kier molecular flexibility index (Phi) is 4.14. The molecule has 2 N–H and O–H groups in total. The standard InChI is InChI=1S/C11H21NOS/c13-7-11(9-5-6-14-8-9)12-10-3-1-2-4-10/h9-13H,1-8H2. The number of hydrogen-bond acceptors (Lipinski definition) is 3. The zero-order valence-corrected chi connectivity index (χ0v) is 9.56. The Morgan fingerprint density at radius 2 is 2.07 bits per heavy atom. The van der Waals surface area contributed by atoms with Gasteiger partial charge in [0.05, 0.1) is 6.61 Å². The lowest BCUT2D eigenvalue weighted by Gasteiger charge is -2.25. The molecule has 0 aromatic rings. The molecule has 14 heavy (non-hydrogen) atoms. The second-order valence-corrected chi connectivity index (χ2v) is 5.71. The predicted molar refractivity (Wildman–Crippen MR) is 61.7 cm³/mol. The molecule has 2 nitrogen and oxygen atoms in total. The normalized spacial score (nSPS) is 31.1. The van der Waals surface area contributed by atoms with E-state index in [0.717, 1.165) is 0 Å². The van der Waals surface area contributed by atoms with Crippen LogP contribution in [0.15, 0.2) is 0 Å². The van der Waals surface area contributed by atoms with Gasteiger partial charge >= 0.3 is 0 Å². The highest BCUT2D eigenvalue weighted by molar-refractivity contribution is 7.99. The van der Waals surface area contributed by atoms with E-state index < -0.39 is 0 Å². The van der Waals surface area contributed by atoms with Crippen LogP contribution in [0.25, 0.3) is 0 Å². The van der Waals surface area contributed by atoms with Gasteiger partial charge in [0.25, 0.3) is 0 Å². The molecule has 0 aromatic heterocycles. The molecule has 2 atom stereocenters. The molecule has 1 aliphatic carbocycles. The summed E-state index contributed by atoms with van der Waals surface area (Å²) in [4.78, 5) is 0. The lowest BCUT2D eigenvalue weighted by molar-refractivity contribution is 0.195. The molecular weight excluding hydrogens is 194 g/mol. The van der Waals surface area contributed by atoms with Crippen LogP contribution in [0.3, 0.4) is 0 Å². The smallest absolute Gasteiger partial charge is 0.0587 e. The molecule has 0 amide bonds. The topological polar surface area (TPSA) is 32.3 Å². The van der Waals surface area contributed by atoms with Crippen molar-refractivity contribution >= 4 is 11.8 Å². The van der Waals surface area contributed by atoms with Gasteiger partial charge in [-0.05, 0) is 36.7 Å². The Morgan fingerprint density at radius 3 is 2.64 bits per heavy atom. The first kappa shape index (κ1) is 10.8. The van der Waals surface area contributed by atoms with Crippen molar-refractivity contribution in [2.24, 2.45) is 5.92 Å². The summed E-state index contributed by atoms with van der Waals surface area (Å²) in [5.41, 5.74) is 0. The first-order valence-corrected chi connectivity index (χ1v) is 7.00. The summed E-state index contributed by atoms with van der Waals surface area (Å²) >= 11 is 2.03. The van der Waals surface area contributed by atoms with Gasteiger partial charge in [0.15, 0.2) is 0 Å². The largest absolute Gasteiger partial charge is 0.395 e. The fourth-order valence-electron chi connectivity index (χ4n) is 2.60. The van der Waals surface area contributed by atoms with Gasteiger partial charge in [-0.15, -0.1) is 0 Å². The van der Waals surface area contributed by atoms with Crippen LogP contribution in [0.2, 0.25) is 0 Å². The maximum atomic E-state index is 9.38. The number of aliphatic hydroxyl groups is 1. The number of thioether (sulfide) groups is 1. The highest BCUT2D eigenvalue weighted by atomic mass is 32.2. The minimum Gasteiger partial charge on any atom is -0.395 e. The Hall–Kier alpha value is 0.270. The van der Waals surface area contributed by atoms with Gasteiger partial charge in [0, 0.05) is 12.1 Å². The molecule has 1 saturated carbocycles. The fraction of sp³-hybridized carbons (Fsp3) is 1.00. The molecule has 2 unspecified atom stereocenters. The predicted octanol–water partition coefficient (Wildman–Crippen LogP) is 1.63. The van der Waals surface area contributed by atoms with Crippen LogP contribution in [-0.4, -0.2) is 35.3 Å². The second kappa shape index (κ2) is 5.38. The molecule has 82 valence electrons. The van der Waals surface area contributed by atoms with Gasteiger partial charge in [-0.25, -0.2) is 0 Å². The number of hydrogen-bond donors (Lipinski definition) is 2. The van der Waals surface area contributed by atoms with E-state index >= 15 is 0 Å².